The molecular weight excluding hydrogens is 532 g/mol. The summed E-state index contributed by atoms with van der Waals surface area (Å²) in [7, 11) is 0. The van der Waals surface area contributed by atoms with Gasteiger partial charge in [-0.05, 0) is 50.5 Å². The second-order valence-corrected chi connectivity index (χ2v) is 12.4. The van der Waals surface area contributed by atoms with Gasteiger partial charge in [0.1, 0.15) is 17.6 Å². The Balaban J connectivity index is 1.59. The van der Waals surface area contributed by atoms with Crippen LogP contribution in [0.4, 0.5) is 0 Å². The fourth-order valence-corrected chi connectivity index (χ4v) is 8.26. The SMILES string of the molecule is C=CCCCOC(=O)[C@H]1[C@H]2C(=O)N([C@H](CO)c3ccccc3)C(C(=O)N(CC=C)C3CCCCC3)C23CC[C@]1(CC)O3. The van der Waals surface area contributed by atoms with Gasteiger partial charge in [0, 0.05) is 12.6 Å². The second-order valence-electron chi connectivity index (χ2n) is 12.4. The Hall–Kier alpha value is -2.97. The Labute approximate surface area is 249 Å². The number of hydrogen-bond donors (Lipinski definition) is 1. The maximum Gasteiger partial charge on any atom is 0.312 e. The lowest BCUT2D eigenvalue weighted by Gasteiger charge is -2.42. The van der Waals surface area contributed by atoms with Crippen LogP contribution in [0.25, 0.3) is 0 Å². The van der Waals surface area contributed by atoms with Crippen molar-refractivity contribution < 1.29 is 29.0 Å². The molecule has 1 aromatic carbocycles. The predicted molar refractivity (Wildman–Crippen MR) is 159 cm³/mol. The molecule has 1 N–H and O–H groups in total. The summed E-state index contributed by atoms with van der Waals surface area (Å²) in [6.45, 7) is 9.89. The molecule has 4 fully saturated rings. The average molecular weight is 579 g/mol. The second kappa shape index (κ2) is 12.7. The van der Waals surface area contributed by atoms with Crippen LogP contribution < -0.4 is 0 Å². The molecule has 5 rings (SSSR count). The van der Waals surface area contributed by atoms with E-state index in [1.807, 2.05) is 42.2 Å². The molecule has 0 aromatic heterocycles. The molecule has 8 nitrogen and oxygen atoms in total. The number of amides is 2. The summed E-state index contributed by atoms with van der Waals surface area (Å²) >= 11 is 0. The lowest BCUT2D eigenvalue weighted by Crippen LogP contribution is -2.59. The smallest absolute Gasteiger partial charge is 0.312 e. The van der Waals surface area contributed by atoms with Gasteiger partial charge >= 0.3 is 5.97 Å². The number of allylic oxidation sites excluding steroid dienone is 1. The van der Waals surface area contributed by atoms with Gasteiger partial charge in [0.05, 0.1) is 30.8 Å². The first-order valence-corrected chi connectivity index (χ1v) is 15.8. The average Bonchev–Trinajstić information content (AvgIpc) is 3.63. The molecule has 228 valence electrons. The first kappa shape index (κ1) is 30.5. The summed E-state index contributed by atoms with van der Waals surface area (Å²) < 4.78 is 12.7. The third kappa shape index (κ3) is 5.00. The highest BCUT2D eigenvalue weighted by Gasteiger charge is 2.79. The number of esters is 1. The number of ether oxygens (including phenoxy) is 2. The van der Waals surface area contributed by atoms with Crippen LogP contribution in [0.15, 0.2) is 55.6 Å². The van der Waals surface area contributed by atoms with Crippen molar-refractivity contribution in [1.82, 2.24) is 9.80 Å². The lowest BCUT2D eigenvalue weighted by molar-refractivity contribution is -0.164. The molecule has 1 saturated carbocycles. The highest BCUT2D eigenvalue weighted by molar-refractivity contribution is 5.99. The van der Waals surface area contributed by atoms with E-state index in [4.69, 9.17) is 9.47 Å². The molecule has 3 aliphatic heterocycles. The highest BCUT2D eigenvalue weighted by Crippen LogP contribution is 2.65. The molecule has 0 radical (unpaired) electrons. The zero-order valence-electron chi connectivity index (χ0n) is 24.9. The Bertz CT molecular complexity index is 1170. The molecule has 6 atom stereocenters. The molecule has 1 aliphatic carbocycles. The normalized spacial score (nSPS) is 31.0. The third-order valence-electron chi connectivity index (χ3n) is 10.2. The first-order chi connectivity index (χ1) is 20.4. The number of nitrogens with zero attached hydrogens (tertiary/aromatic N) is 2. The minimum Gasteiger partial charge on any atom is -0.465 e. The molecule has 4 aliphatic rings. The maximum atomic E-state index is 14.9. The molecule has 2 bridgehead atoms. The number of likely N-dealkylation sites (tertiary alicyclic amines) is 1. The number of aliphatic hydroxyl groups excluding tert-OH is 1. The van der Waals surface area contributed by atoms with E-state index in [-0.39, 0.29) is 31.1 Å². The predicted octanol–water partition coefficient (Wildman–Crippen LogP) is 4.73. The number of rotatable bonds is 13. The summed E-state index contributed by atoms with van der Waals surface area (Å²) in [5.74, 6) is -2.61. The Kier molecular flexibility index (Phi) is 9.23. The van der Waals surface area contributed by atoms with Gasteiger partial charge in [-0.15, -0.1) is 13.2 Å². The fourth-order valence-electron chi connectivity index (χ4n) is 8.26. The number of benzene rings is 1. The van der Waals surface area contributed by atoms with Gasteiger partial charge in [-0.1, -0.05) is 68.7 Å². The molecule has 42 heavy (non-hydrogen) atoms. The Morgan fingerprint density at radius 2 is 1.90 bits per heavy atom. The third-order valence-corrected chi connectivity index (χ3v) is 10.2. The Morgan fingerprint density at radius 1 is 1.17 bits per heavy atom. The van der Waals surface area contributed by atoms with Crippen LogP contribution in [0.3, 0.4) is 0 Å². The molecule has 1 spiro atoms. The highest BCUT2D eigenvalue weighted by atomic mass is 16.6. The standard InChI is InChI=1S/C34H46N2O6/c1-4-7-14-22-41-32(40)28-27-30(38)36(26(23-37)24-15-10-8-11-16-24)29(34(27)20-19-33(28,6-3)42-34)31(39)35(21-5-2)25-17-12-9-13-18-25/h4-5,8,10-11,15-16,25-29,37H,1-2,6-7,9,12-14,17-23H2,3H3/t26-,27+,28-,29?,33+,34?/m1/s1. The van der Waals surface area contributed by atoms with Crippen molar-refractivity contribution in [3.63, 3.8) is 0 Å². The first-order valence-electron chi connectivity index (χ1n) is 15.8. The summed E-state index contributed by atoms with van der Waals surface area (Å²) in [6, 6.07) is 7.64. The van der Waals surface area contributed by atoms with Gasteiger partial charge in [-0.3, -0.25) is 14.4 Å². The summed E-state index contributed by atoms with van der Waals surface area (Å²) in [4.78, 5) is 46.8. The number of fused-ring (bicyclic) bond motifs is 1. The number of carbonyl (C=O) groups excluding carboxylic acids is 3. The van der Waals surface area contributed by atoms with Gasteiger partial charge in [0.25, 0.3) is 0 Å². The van der Waals surface area contributed by atoms with Gasteiger partial charge in [-0.25, -0.2) is 0 Å². The van der Waals surface area contributed by atoms with Crippen LogP contribution in [0, 0.1) is 11.8 Å². The molecule has 3 saturated heterocycles. The van der Waals surface area contributed by atoms with Crippen LogP contribution in [-0.2, 0) is 23.9 Å². The van der Waals surface area contributed by atoms with Crippen LogP contribution >= 0.6 is 0 Å². The molecule has 3 heterocycles. The number of hydrogen-bond acceptors (Lipinski definition) is 6. The zero-order chi connectivity index (χ0) is 29.9. The van der Waals surface area contributed by atoms with Crippen LogP contribution in [0.1, 0.15) is 82.7 Å². The van der Waals surface area contributed by atoms with Gasteiger partial charge < -0.3 is 24.4 Å². The van der Waals surface area contributed by atoms with Crippen molar-refractivity contribution >= 4 is 17.8 Å². The summed E-state index contributed by atoms with van der Waals surface area (Å²) in [6.07, 6.45) is 11.5. The van der Waals surface area contributed by atoms with Crippen LogP contribution in [0.2, 0.25) is 0 Å². The largest absolute Gasteiger partial charge is 0.465 e. The van der Waals surface area contributed by atoms with Crippen molar-refractivity contribution in [2.75, 3.05) is 19.8 Å². The van der Waals surface area contributed by atoms with Gasteiger partial charge in [0.15, 0.2) is 0 Å². The van der Waals surface area contributed by atoms with E-state index in [1.54, 1.807) is 17.1 Å². The van der Waals surface area contributed by atoms with Crippen molar-refractivity contribution in [3.05, 3.63) is 61.2 Å². The maximum absolute atomic E-state index is 14.9. The molecule has 8 heteroatoms. The van der Waals surface area contributed by atoms with Gasteiger partial charge in [-0.2, -0.15) is 0 Å². The molecule has 1 aromatic rings. The lowest BCUT2D eigenvalue weighted by atomic mass is 9.65. The van der Waals surface area contributed by atoms with E-state index < -0.39 is 41.1 Å². The van der Waals surface area contributed by atoms with E-state index >= 15 is 0 Å². The van der Waals surface area contributed by atoms with Crippen molar-refractivity contribution in [2.45, 2.75) is 100 Å². The summed E-state index contributed by atoms with van der Waals surface area (Å²) in [5.41, 5.74) is -1.31. The number of carbonyl (C=O) groups is 3. The van der Waals surface area contributed by atoms with Crippen LogP contribution in [-0.4, -0.2) is 75.7 Å². The van der Waals surface area contributed by atoms with E-state index in [9.17, 15) is 19.5 Å². The minimum absolute atomic E-state index is 0.0466. The monoisotopic (exact) mass is 578 g/mol. The zero-order valence-corrected chi connectivity index (χ0v) is 24.9. The van der Waals surface area contributed by atoms with Crippen molar-refractivity contribution in [1.29, 1.82) is 0 Å². The quantitative estimate of drug-likeness (QED) is 0.207. The van der Waals surface area contributed by atoms with E-state index in [0.717, 1.165) is 44.1 Å². The number of unbranched alkanes of at least 4 members (excludes halogenated alkanes) is 1. The van der Waals surface area contributed by atoms with E-state index in [0.29, 0.717) is 32.2 Å². The topological polar surface area (TPSA) is 96.4 Å². The number of aliphatic hydroxyl groups is 1. The van der Waals surface area contributed by atoms with E-state index in [1.165, 1.54) is 0 Å². The molecular formula is C34H46N2O6. The minimum atomic E-state index is -1.18. The van der Waals surface area contributed by atoms with Crippen molar-refractivity contribution in [3.8, 4) is 0 Å². The Morgan fingerprint density at radius 3 is 2.55 bits per heavy atom. The summed E-state index contributed by atoms with van der Waals surface area (Å²) in [5, 5.41) is 10.7. The molecule has 2 unspecified atom stereocenters. The van der Waals surface area contributed by atoms with Crippen LogP contribution in [0.5, 0.6) is 0 Å². The van der Waals surface area contributed by atoms with E-state index in [2.05, 4.69) is 13.2 Å². The van der Waals surface area contributed by atoms with Crippen molar-refractivity contribution in [2.24, 2.45) is 11.8 Å². The molecule has 2 amide bonds. The fraction of sp³-hybridized carbons (Fsp3) is 0.618. The van der Waals surface area contributed by atoms with Gasteiger partial charge in [0.2, 0.25) is 11.8 Å².